The molecule has 6 rings (SSSR count). The van der Waals surface area contributed by atoms with Gasteiger partial charge in [0.1, 0.15) is 5.82 Å². The van der Waals surface area contributed by atoms with Crippen LogP contribution in [0.1, 0.15) is 37.4 Å². The van der Waals surface area contributed by atoms with Gasteiger partial charge in [0, 0.05) is 54.8 Å². The Morgan fingerprint density at radius 3 is 2.62 bits per heavy atom. The number of hydrogen-bond donors (Lipinski definition) is 2. The molecule has 1 unspecified atom stereocenters. The van der Waals surface area contributed by atoms with Crippen LogP contribution in [0.3, 0.4) is 0 Å². The summed E-state index contributed by atoms with van der Waals surface area (Å²) in [6, 6.07) is 9.95. The summed E-state index contributed by atoms with van der Waals surface area (Å²) in [6.45, 7) is 5.76. The Morgan fingerprint density at radius 1 is 1.08 bits per heavy atom. The Balaban J connectivity index is 1.28. The number of rotatable bonds is 5. The monoisotopic (exact) mass is 500 g/mol. The van der Waals surface area contributed by atoms with E-state index in [2.05, 4.69) is 37.3 Å². The van der Waals surface area contributed by atoms with E-state index in [1.165, 1.54) is 6.42 Å². The number of anilines is 3. The minimum absolute atomic E-state index is 0.155. The molecule has 1 aromatic carbocycles. The van der Waals surface area contributed by atoms with E-state index in [4.69, 9.17) is 14.7 Å². The number of urea groups is 1. The number of amides is 2. The number of nitrogens with zero attached hydrogens (tertiary/aromatic N) is 6. The third-order valence-electron chi connectivity index (χ3n) is 7.35. The molecule has 2 aromatic heterocycles. The molecule has 1 saturated carbocycles. The molecule has 1 aliphatic carbocycles. The lowest BCUT2D eigenvalue weighted by Crippen LogP contribution is -2.45. The zero-order chi connectivity index (χ0) is 25.2. The van der Waals surface area contributed by atoms with Crippen LogP contribution in [0, 0.1) is 0 Å². The van der Waals surface area contributed by atoms with E-state index in [0.717, 1.165) is 66.6 Å². The van der Waals surface area contributed by atoms with Gasteiger partial charge in [0.25, 0.3) is 0 Å². The molecule has 0 bridgehead atoms. The molecule has 2 amide bonds. The van der Waals surface area contributed by atoms with Gasteiger partial charge in [0.05, 0.1) is 31.5 Å². The van der Waals surface area contributed by atoms with Crippen molar-refractivity contribution >= 4 is 23.5 Å². The summed E-state index contributed by atoms with van der Waals surface area (Å²) >= 11 is 0. The van der Waals surface area contributed by atoms with Crippen molar-refractivity contribution in [2.45, 2.75) is 51.2 Å². The number of aromatic nitrogens is 4. The van der Waals surface area contributed by atoms with Gasteiger partial charge in [-0.05, 0) is 56.5 Å². The molecule has 2 aliphatic heterocycles. The third-order valence-corrected chi connectivity index (χ3v) is 7.35. The van der Waals surface area contributed by atoms with Crippen molar-refractivity contribution in [2.24, 2.45) is 0 Å². The number of nitrogens with one attached hydrogen (secondary N) is 2. The first-order valence-corrected chi connectivity index (χ1v) is 13.1. The second-order valence-electron chi connectivity index (χ2n) is 9.94. The molecule has 0 radical (unpaired) electrons. The first-order chi connectivity index (χ1) is 18.1. The average Bonchev–Trinajstić information content (AvgIpc) is 2.91. The number of carbonyl (C=O) groups is 1. The van der Waals surface area contributed by atoms with Gasteiger partial charge in [-0.1, -0.05) is 0 Å². The van der Waals surface area contributed by atoms with E-state index in [1.54, 1.807) is 12.4 Å². The Bertz CT molecular complexity index is 1250. The highest BCUT2D eigenvalue weighted by Crippen LogP contribution is 2.32. The SMILES string of the molecule is CC1COCCN1c1nc(-c2ccc(NC(=O)NC3CCC3)cc2)nc2c1CN(c1ncccn1)CC2. The molecule has 192 valence electrons. The van der Waals surface area contributed by atoms with Gasteiger partial charge < -0.3 is 25.2 Å². The lowest BCUT2D eigenvalue weighted by atomic mass is 9.93. The Kier molecular flexibility index (Phi) is 6.57. The normalized spacial score (nSPS) is 19.6. The number of ether oxygens (including phenoxy) is 1. The van der Waals surface area contributed by atoms with Crippen LogP contribution in [0.2, 0.25) is 0 Å². The summed E-state index contributed by atoms with van der Waals surface area (Å²) in [5.41, 5.74) is 3.86. The first-order valence-electron chi connectivity index (χ1n) is 13.1. The van der Waals surface area contributed by atoms with Crippen LogP contribution in [0.5, 0.6) is 0 Å². The van der Waals surface area contributed by atoms with E-state index >= 15 is 0 Å². The van der Waals surface area contributed by atoms with Crippen molar-refractivity contribution in [1.82, 2.24) is 25.3 Å². The van der Waals surface area contributed by atoms with E-state index in [-0.39, 0.29) is 12.1 Å². The van der Waals surface area contributed by atoms with E-state index in [9.17, 15) is 4.79 Å². The summed E-state index contributed by atoms with van der Waals surface area (Å²) < 4.78 is 5.71. The highest BCUT2D eigenvalue weighted by molar-refractivity contribution is 5.89. The largest absolute Gasteiger partial charge is 0.377 e. The van der Waals surface area contributed by atoms with Crippen LogP contribution < -0.4 is 20.4 Å². The molecular weight excluding hydrogens is 468 g/mol. The van der Waals surface area contributed by atoms with Crippen LogP contribution in [0.25, 0.3) is 11.4 Å². The standard InChI is InChI=1S/C27H32N8O2/c1-18-17-37-15-14-35(18)25-22-16-34(26-28-11-3-12-29-26)13-10-23(22)32-24(33-25)19-6-8-21(9-7-19)31-27(36)30-20-4-2-5-20/h3,6-9,11-12,18,20H,2,4-5,10,13-17H2,1H3,(H2,30,31,36). The fraction of sp³-hybridized carbons (Fsp3) is 0.444. The van der Waals surface area contributed by atoms with E-state index in [1.807, 2.05) is 30.3 Å². The lowest BCUT2D eigenvalue weighted by molar-refractivity contribution is 0.0984. The molecule has 3 aliphatic rings. The summed E-state index contributed by atoms with van der Waals surface area (Å²) in [5.74, 6) is 2.38. The maximum Gasteiger partial charge on any atom is 0.319 e. The van der Waals surface area contributed by atoms with Gasteiger partial charge in [-0.3, -0.25) is 0 Å². The summed E-state index contributed by atoms with van der Waals surface area (Å²) in [4.78, 5) is 35.8. The molecule has 3 aromatic rings. The molecule has 4 heterocycles. The Labute approximate surface area is 216 Å². The zero-order valence-corrected chi connectivity index (χ0v) is 21.1. The van der Waals surface area contributed by atoms with Crippen molar-refractivity contribution in [2.75, 3.05) is 41.4 Å². The minimum Gasteiger partial charge on any atom is -0.377 e. The number of benzene rings is 1. The summed E-state index contributed by atoms with van der Waals surface area (Å²) in [5, 5.41) is 5.93. The van der Waals surface area contributed by atoms with Crippen molar-refractivity contribution in [3.05, 3.63) is 54.0 Å². The van der Waals surface area contributed by atoms with E-state index in [0.29, 0.717) is 31.6 Å². The van der Waals surface area contributed by atoms with Crippen LogP contribution in [-0.4, -0.2) is 64.4 Å². The predicted molar refractivity (Wildman–Crippen MR) is 142 cm³/mol. The lowest BCUT2D eigenvalue weighted by Gasteiger charge is -2.38. The molecule has 1 saturated heterocycles. The molecule has 2 fully saturated rings. The highest BCUT2D eigenvalue weighted by atomic mass is 16.5. The zero-order valence-electron chi connectivity index (χ0n) is 21.1. The van der Waals surface area contributed by atoms with Crippen LogP contribution in [0.4, 0.5) is 22.2 Å². The molecule has 0 spiro atoms. The molecule has 10 nitrogen and oxygen atoms in total. The maximum atomic E-state index is 12.2. The number of carbonyl (C=O) groups excluding carboxylic acids is 1. The van der Waals surface area contributed by atoms with Crippen LogP contribution in [0.15, 0.2) is 42.7 Å². The Morgan fingerprint density at radius 2 is 1.89 bits per heavy atom. The molecular formula is C27H32N8O2. The fourth-order valence-electron chi connectivity index (χ4n) is 5.04. The second-order valence-corrected chi connectivity index (χ2v) is 9.94. The predicted octanol–water partition coefficient (Wildman–Crippen LogP) is 3.40. The highest BCUT2D eigenvalue weighted by Gasteiger charge is 2.30. The Hall–Kier alpha value is -3.79. The minimum atomic E-state index is -0.155. The van der Waals surface area contributed by atoms with Gasteiger partial charge in [-0.25, -0.2) is 24.7 Å². The van der Waals surface area contributed by atoms with Gasteiger partial charge in [-0.2, -0.15) is 0 Å². The molecule has 1 atom stereocenters. The van der Waals surface area contributed by atoms with Gasteiger partial charge in [-0.15, -0.1) is 0 Å². The average molecular weight is 501 g/mol. The van der Waals surface area contributed by atoms with Crippen molar-refractivity contribution < 1.29 is 9.53 Å². The number of hydrogen-bond acceptors (Lipinski definition) is 8. The molecule has 10 heteroatoms. The van der Waals surface area contributed by atoms with Crippen LogP contribution >= 0.6 is 0 Å². The van der Waals surface area contributed by atoms with Crippen LogP contribution in [-0.2, 0) is 17.7 Å². The first kappa shape index (κ1) is 23.6. The second kappa shape index (κ2) is 10.3. The third kappa shape index (κ3) is 5.06. The summed E-state index contributed by atoms with van der Waals surface area (Å²) in [7, 11) is 0. The summed E-state index contributed by atoms with van der Waals surface area (Å²) in [6.07, 6.45) is 7.64. The van der Waals surface area contributed by atoms with Gasteiger partial charge in [0.2, 0.25) is 5.95 Å². The number of fused-ring (bicyclic) bond motifs is 1. The van der Waals surface area contributed by atoms with Crippen molar-refractivity contribution in [3.63, 3.8) is 0 Å². The maximum absolute atomic E-state index is 12.2. The van der Waals surface area contributed by atoms with Crippen molar-refractivity contribution in [3.8, 4) is 11.4 Å². The van der Waals surface area contributed by atoms with Gasteiger partial charge >= 0.3 is 6.03 Å². The number of morpholine rings is 1. The van der Waals surface area contributed by atoms with Crippen molar-refractivity contribution in [1.29, 1.82) is 0 Å². The quantitative estimate of drug-likeness (QED) is 0.549. The molecule has 2 N–H and O–H groups in total. The fourth-order valence-corrected chi connectivity index (χ4v) is 5.04. The van der Waals surface area contributed by atoms with Gasteiger partial charge in [0.15, 0.2) is 5.82 Å². The smallest absolute Gasteiger partial charge is 0.319 e. The van der Waals surface area contributed by atoms with E-state index < -0.39 is 0 Å². The topological polar surface area (TPSA) is 108 Å². The molecule has 37 heavy (non-hydrogen) atoms.